The zero-order valence-electron chi connectivity index (χ0n) is 20.5. The molecule has 2 fully saturated rings. The summed E-state index contributed by atoms with van der Waals surface area (Å²) < 4.78 is 6.95. The van der Waals surface area contributed by atoms with E-state index in [1.165, 1.54) is 21.9 Å². The molecule has 0 spiro atoms. The number of carbonyl (C=O) groups is 1. The number of aromatic nitrogens is 1. The highest BCUT2D eigenvalue weighted by Gasteiger charge is 2.66. The van der Waals surface area contributed by atoms with Crippen molar-refractivity contribution in [1.82, 2.24) is 4.57 Å². The van der Waals surface area contributed by atoms with E-state index in [1.807, 2.05) is 30.3 Å². The lowest BCUT2D eigenvalue weighted by atomic mass is 9.64. The molecule has 37 heavy (non-hydrogen) atoms. The van der Waals surface area contributed by atoms with Gasteiger partial charge in [0.1, 0.15) is 5.75 Å². The Morgan fingerprint density at radius 2 is 1.81 bits per heavy atom. The first kappa shape index (κ1) is 22.7. The zero-order chi connectivity index (χ0) is 25.3. The fourth-order valence-electron chi connectivity index (χ4n) is 6.45. The number of ether oxygens (including phenoxy) is 1. The average Bonchev–Trinajstić information content (AvgIpc) is 3.69. The Labute approximate surface area is 219 Å². The molecule has 186 valence electrons. The Balaban J connectivity index is 1.34. The van der Waals surface area contributed by atoms with Gasteiger partial charge in [0.2, 0.25) is 0 Å². The Bertz CT molecular complexity index is 1620. The van der Waals surface area contributed by atoms with Gasteiger partial charge in [-0.05, 0) is 76.8 Å². The van der Waals surface area contributed by atoms with Crippen molar-refractivity contribution in [2.75, 3.05) is 7.11 Å². The van der Waals surface area contributed by atoms with Crippen molar-refractivity contribution in [1.29, 1.82) is 0 Å². The molecule has 3 aromatic carbocycles. The summed E-state index contributed by atoms with van der Waals surface area (Å²) in [5.74, 6) is 0.335. The van der Waals surface area contributed by atoms with Gasteiger partial charge < -0.3 is 9.84 Å². The van der Waals surface area contributed by atoms with Gasteiger partial charge in [0.25, 0.3) is 5.56 Å². The molecule has 2 aliphatic carbocycles. The predicted octanol–water partition coefficient (Wildman–Crippen LogP) is 5.92. The molecule has 1 aromatic heterocycles. The lowest BCUT2D eigenvalue weighted by Crippen LogP contribution is -2.61. The lowest BCUT2D eigenvalue weighted by Gasteiger charge is -2.48. The van der Waals surface area contributed by atoms with Crippen molar-refractivity contribution in [3.8, 4) is 5.75 Å². The third kappa shape index (κ3) is 3.31. The van der Waals surface area contributed by atoms with Gasteiger partial charge in [0.15, 0.2) is 5.54 Å². The largest absolute Gasteiger partial charge is 0.497 e. The van der Waals surface area contributed by atoms with Gasteiger partial charge in [-0.15, -0.1) is 11.8 Å². The smallest absolute Gasteiger partial charge is 0.331 e. The topological polar surface area (TPSA) is 68.5 Å². The minimum absolute atomic E-state index is 0.0693. The zero-order valence-corrected chi connectivity index (χ0v) is 21.3. The highest BCUT2D eigenvalue weighted by molar-refractivity contribution is 8.00. The number of methoxy groups -OCH3 is 1. The molecule has 6 heteroatoms. The second-order valence-electron chi connectivity index (χ2n) is 10.5. The third-order valence-corrected chi connectivity index (χ3v) is 10.1. The van der Waals surface area contributed by atoms with Gasteiger partial charge in [0, 0.05) is 12.0 Å². The fourth-order valence-corrected chi connectivity index (χ4v) is 8.39. The van der Waals surface area contributed by atoms with Crippen LogP contribution < -0.4 is 10.3 Å². The van der Waals surface area contributed by atoms with Gasteiger partial charge in [-0.25, -0.2) is 4.79 Å². The second kappa shape index (κ2) is 8.25. The van der Waals surface area contributed by atoms with E-state index in [0.29, 0.717) is 18.8 Å². The molecule has 4 aromatic rings. The number of aliphatic carboxylic acids is 1. The maximum Gasteiger partial charge on any atom is 0.331 e. The summed E-state index contributed by atoms with van der Waals surface area (Å²) in [5.41, 5.74) is 3.15. The van der Waals surface area contributed by atoms with Crippen molar-refractivity contribution in [3.63, 3.8) is 0 Å². The van der Waals surface area contributed by atoms with Crippen molar-refractivity contribution < 1.29 is 14.6 Å². The summed E-state index contributed by atoms with van der Waals surface area (Å²) in [6, 6.07) is 24.3. The predicted molar refractivity (Wildman–Crippen MR) is 145 cm³/mol. The molecule has 1 aliphatic heterocycles. The van der Waals surface area contributed by atoms with Gasteiger partial charge in [-0.2, -0.15) is 0 Å². The van der Waals surface area contributed by atoms with Crippen LogP contribution >= 0.6 is 11.8 Å². The molecule has 5 nitrogen and oxygen atoms in total. The molecule has 2 unspecified atom stereocenters. The number of fused-ring (bicyclic) bond motifs is 4. The van der Waals surface area contributed by atoms with Crippen molar-refractivity contribution in [2.45, 2.75) is 53.3 Å². The summed E-state index contributed by atoms with van der Waals surface area (Å²) in [6.45, 7) is 0. The van der Waals surface area contributed by atoms with Crippen LogP contribution in [-0.2, 0) is 16.8 Å². The number of benzene rings is 3. The van der Waals surface area contributed by atoms with Crippen LogP contribution in [0.25, 0.3) is 10.8 Å². The molecule has 0 saturated heterocycles. The highest BCUT2D eigenvalue weighted by atomic mass is 32.2. The summed E-state index contributed by atoms with van der Waals surface area (Å²) in [5, 5.41) is 13.5. The van der Waals surface area contributed by atoms with Gasteiger partial charge in [-0.1, -0.05) is 54.6 Å². The van der Waals surface area contributed by atoms with E-state index in [2.05, 4.69) is 36.4 Å². The normalized spacial score (nSPS) is 23.8. The summed E-state index contributed by atoms with van der Waals surface area (Å²) >= 11 is 1.61. The molecule has 3 atom stereocenters. The third-order valence-electron chi connectivity index (χ3n) is 8.46. The Hall–Kier alpha value is -3.51. The van der Waals surface area contributed by atoms with Gasteiger partial charge >= 0.3 is 5.97 Å². The lowest BCUT2D eigenvalue weighted by molar-refractivity contribution is -0.153. The molecular weight excluding hydrogens is 482 g/mol. The van der Waals surface area contributed by atoms with Crippen LogP contribution in [0.2, 0.25) is 0 Å². The summed E-state index contributed by atoms with van der Waals surface area (Å²) in [6.07, 6.45) is 3.26. The van der Waals surface area contributed by atoms with Crippen LogP contribution in [0.3, 0.4) is 0 Å². The molecule has 7 rings (SSSR count). The molecule has 0 amide bonds. The van der Waals surface area contributed by atoms with Crippen LogP contribution in [-0.4, -0.2) is 28.0 Å². The van der Waals surface area contributed by atoms with E-state index in [1.54, 1.807) is 29.5 Å². The molecule has 2 saturated carbocycles. The summed E-state index contributed by atoms with van der Waals surface area (Å²) in [4.78, 5) is 26.5. The van der Waals surface area contributed by atoms with Crippen LogP contribution in [0.5, 0.6) is 5.75 Å². The van der Waals surface area contributed by atoms with Gasteiger partial charge in [-0.3, -0.25) is 9.36 Å². The average molecular weight is 510 g/mol. The first-order valence-electron chi connectivity index (χ1n) is 12.8. The van der Waals surface area contributed by atoms with Crippen LogP contribution in [0.15, 0.2) is 82.6 Å². The molecule has 0 radical (unpaired) electrons. The van der Waals surface area contributed by atoms with Crippen LogP contribution in [0.1, 0.15) is 53.4 Å². The second-order valence-corrected chi connectivity index (χ2v) is 11.6. The quantitative estimate of drug-likeness (QED) is 0.349. The van der Waals surface area contributed by atoms with Crippen molar-refractivity contribution in [3.05, 3.63) is 105 Å². The summed E-state index contributed by atoms with van der Waals surface area (Å²) in [7, 11) is 1.64. The highest BCUT2D eigenvalue weighted by Crippen LogP contribution is 2.64. The van der Waals surface area contributed by atoms with Crippen molar-refractivity contribution >= 4 is 28.5 Å². The monoisotopic (exact) mass is 509 g/mol. The van der Waals surface area contributed by atoms with E-state index >= 15 is 0 Å². The Morgan fingerprint density at radius 3 is 2.54 bits per heavy atom. The number of carboxylic acid groups (broad SMARTS) is 1. The van der Waals surface area contributed by atoms with E-state index in [9.17, 15) is 14.7 Å². The first-order valence-corrected chi connectivity index (χ1v) is 13.7. The maximum atomic E-state index is 13.7. The van der Waals surface area contributed by atoms with E-state index in [0.717, 1.165) is 34.7 Å². The number of thioether (sulfide) groups is 1. The molecule has 0 bridgehead atoms. The standard InChI is InChI=1S/C31H27NO4S/c1-36-23-13-11-19(12-14-23)25-17-31(30(34)35)28(25)37-29-27(20-9-10-20)22(16-26(33)32(29)31)15-21-7-4-6-18-5-2-3-8-24(18)21/h2-8,11-14,16,20,25,28H,9-10,15,17H2,1H3,(H,34,35)/t25-,28?,31?/m0/s1. The van der Waals surface area contributed by atoms with Gasteiger partial charge in [0.05, 0.1) is 17.4 Å². The van der Waals surface area contributed by atoms with Crippen molar-refractivity contribution in [2.24, 2.45) is 0 Å². The van der Waals surface area contributed by atoms with Crippen LogP contribution in [0.4, 0.5) is 0 Å². The fraction of sp³-hybridized carbons (Fsp3) is 0.290. The Kier molecular flexibility index (Phi) is 5.05. The molecule has 2 heterocycles. The minimum atomic E-state index is -1.19. The first-order chi connectivity index (χ1) is 18.0. The van der Waals surface area contributed by atoms with Crippen LogP contribution in [0, 0.1) is 0 Å². The number of pyridine rings is 1. The molecule has 3 aliphatic rings. The number of nitrogens with zero attached hydrogens (tertiary/aromatic N) is 1. The van der Waals surface area contributed by atoms with E-state index < -0.39 is 11.5 Å². The number of hydrogen-bond acceptors (Lipinski definition) is 4. The maximum absolute atomic E-state index is 13.7. The van der Waals surface area contributed by atoms with E-state index in [-0.39, 0.29) is 16.7 Å². The number of hydrogen-bond donors (Lipinski definition) is 1. The number of rotatable bonds is 6. The molecular formula is C31H27NO4S. The van der Waals surface area contributed by atoms with E-state index in [4.69, 9.17) is 4.74 Å². The molecule has 1 N–H and O–H groups in total. The number of carboxylic acids is 1. The Morgan fingerprint density at radius 1 is 1.05 bits per heavy atom. The minimum Gasteiger partial charge on any atom is -0.497 e. The SMILES string of the molecule is COc1ccc([C@@H]2CC3(C(=O)O)C2Sc2c(C4CC4)c(Cc4cccc5ccccc45)cc(=O)n23)cc1.